The first-order valence-corrected chi connectivity index (χ1v) is 5.46. The predicted octanol–water partition coefficient (Wildman–Crippen LogP) is 3.19. The molecule has 0 atom stereocenters. The van der Waals surface area contributed by atoms with Gasteiger partial charge in [-0.3, -0.25) is 5.41 Å². The lowest BCUT2D eigenvalue weighted by atomic mass is 10.2. The van der Waals surface area contributed by atoms with E-state index >= 15 is 0 Å². The third-order valence-electron chi connectivity index (χ3n) is 2.47. The van der Waals surface area contributed by atoms with E-state index in [9.17, 15) is 0 Å². The van der Waals surface area contributed by atoms with Gasteiger partial charge in [0, 0.05) is 0 Å². The minimum absolute atomic E-state index is 0. The molecule has 0 saturated heterocycles. The van der Waals surface area contributed by atoms with Crippen LogP contribution in [0.1, 0.15) is 5.56 Å². The van der Waals surface area contributed by atoms with E-state index in [0.717, 1.165) is 0 Å². The Kier molecular flexibility index (Phi) is 5.21. The zero-order chi connectivity index (χ0) is 13.0. The van der Waals surface area contributed by atoms with Crippen molar-refractivity contribution in [3.8, 4) is 17.2 Å². The molecule has 0 radical (unpaired) electrons. The molecule has 2 aromatic carbocycles. The van der Waals surface area contributed by atoms with Crippen molar-refractivity contribution in [3.63, 3.8) is 0 Å². The lowest BCUT2D eigenvalue weighted by molar-refractivity contribution is 0.378. The second kappa shape index (κ2) is 6.66. The smallest absolute Gasteiger partial charge is 0.169 e. The first-order valence-electron chi connectivity index (χ1n) is 5.46. The minimum Gasteiger partial charge on any atom is -0.493 e. The van der Waals surface area contributed by atoms with Crippen molar-refractivity contribution in [3.05, 3.63) is 54.1 Å². The lowest BCUT2D eigenvalue weighted by Crippen LogP contribution is -2.12. The summed E-state index contributed by atoms with van der Waals surface area (Å²) < 4.78 is 11.0. The van der Waals surface area contributed by atoms with E-state index in [1.807, 2.05) is 30.3 Å². The van der Waals surface area contributed by atoms with Crippen molar-refractivity contribution in [2.75, 3.05) is 7.11 Å². The minimum atomic E-state index is -0.0273. The maximum atomic E-state index is 7.51. The Hall–Kier alpha value is -2.20. The number of nitrogens with two attached hydrogens (primary N) is 1. The number of amidine groups is 1. The molecule has 3 N–H and O–H groups in total. The maximum Gasteiger partial charge on any atom is 0.169 e. The van der Waals surface area contributed by atoms with Crippen LogP contribution in [0.2, 0.25) is 0 Å². The highest BCUT2D eigenvalue weighted by molar-refractivity contribution is 5.97. The molecule has 0 fully saturated rings. The highest BCUT2D eigenvalue weighted by Gasteiger charge is 2.09. The lowest BCUT2D eigenvalue weighted by Gasteiger charge is -2.12. The van der Waals surface area contributed by atoms with Crippen LogP contribution >= 0.6 is 12.4 Å². The molecule has 2 rings (SSSR count). The number of rotatable bonds is 4. The van der Waals surface area contributed by atoms with Gasteiger partial charge < -0.3 is 15.2 Å². The molecule has 0 bridgehead atoms. The molecule has 5 heteroatoms. The van der Waals surface area contributed by atoms with Gasteiger partial charge in [0.05, 0.1) is 12.7 Å². The Bertz CT molecular complexity index is 573. The van der Waals surface area contributed by atoms with Crippen LogP contribution in [0.5, 0.6) is 17.2 Å². The van der Waals surface area contributed by atoms with Gasteiger partial charge in [-0.25, -0.2) is 0 Å². The second-order valence-electron chi connectivity index (χ2n) is 3.66. The number of benzene rings is 2. The first-order chi connectivity index (χ1) is 8.72. The fourth-order valence-corrected chi connectivity index (χ4v) is 1.60. The van der Waals surface area contributed by atoms with Gasteiger partial charge in [0.25, 0.3) is 0 Å². The van der Waals surface area contributed by atoms with Crippen molar-refractivity contribution in [2.24, 2.45) is 5.73 Å². The molecule has 0 heterocycles. The van der Waals surface area contributed by atoms with Crippen molar-refractivity contribution >= 4 is 18.2 Å². The van der Waals surface area contributed by atoms with E-state index in [0.29, 0.717) is 22.8 Å². The molecule has 19 heavy (non-hydrogen) atoms. The fourth-order valence-electron chi connectivity index (χ4n) is 1.60. The van der Waals surface area contributed by atoms with E-state index in [2.05, 4.69) is 0 Å². The summed E-state index contributed by atoms with van der Waals surface area (Å²) in [4.78, 5) is 0. The topological polar surface area (TPSA) is 68.3 Å². The molecule has 4 nitrogen and oxygen atoms in total. The summed E-state index contributed by atoms with van der Waals surface area (Å²) in [7, 11) is 1.58. The summed E-state index contributed by atoms with van der Waals surface area (Å²) in [6, 6.07) is 14.5. The number of para-hydroxylation sites is 3. The highest BCUT2D eigenvalue weighted by Crippen LogP contribution is 2.32. The van der Waals surface area contributed by atoms with Gasteiger partial charge in [-0.1, -0.05) is 24.3 Å². The molecular weight excluding hydrogens is 264 g/mol. The van der Waals surface area contributed by atoms with Crippen LogP contribution in [0.4, 0.5) is 0 Å². The van der Waals surface area contributed by atoms with Gasteiger partial charge in [-0.15, -0.1) is 12.4 Å². The Labute approximate surface area is 118 Å². The van der Waals surface area contributed by atoms with E-state index in [1.165, 1.54) is 0 Å². The quantitative estimate of drug-likeness (QED) is 0.667. The summed E-state index contributed by atoms with van der Waals surface area (Å²) in [5.74, 6) is 1.74. The zero-order valence-corrected chi connectivity index (χ0v) is 11.2. The van der Waals surface area contributed by atoms with Crippen molar-refractivity contribution < 1.29 is 9.47 Å². The molecule has 0 aliphatic carbocycles. The van der Waals surface area contributed by atoms with E-state index in [-0.39, 0.29) is 18.2 Å². The molecule has 100 valence electrons. The van der Waals surface area contributed by atoms with Crippen molar-refractivity contribution in [2.45, 2.75) is 0 Å². The van der Waals surface area contributed by atoms with E-state index < -0.39 is 0 Å². The number of hydrogen-bond donors (Lipinski definition) is 2. The Morgan fingerprint density at radius 3 is 2.05 bits per heavy atom. The van der Waals surface area contributed by atoms with Crippen LogP contribution < -0.4 is 15.2 Å². The van der Waals surface area contributed by atoms with Crippen molar-refractivity contribution in [1.29, 1.82) is 5.41 Å². The number of methoxy groups -OCH3 is 1. The zero-order valence-electron chi connectivity index (χ0n) is 10.4. The Morgan fingerprint density at radius 1 is 0.947 bits per heavy atom. The van der Waals surface area contributed by atoms with Crippen LogP contribution in [0.15, 0.2) is 48.5 Å². The van der Waals surface area contributed by atoms with Gasteiger partial charge in [0.2, 0.25) is 0 Å². The van der Waals surface area contributed by atoms with Crippen LogP contribution in [0.25, 0.3) is 0 Å². The molecule has 0 saturated carbocycles. The molecule has 0 spiro atoms. The summed E-state index contributed by atoms with van der Waals surface area (Å²) in [5.41, 5.74) is 6.07. The summed E-state index contributed by atoms with van der Waals surface area (Å²) in [6.45, 7) is 0. The van der Waals surface area contributed by atoms with Crippen molar-refractivity contribution in [1.82, 2.24) is 0 Å². The average Bonchev–Trinajstić information content (AvgIpc) is 2.40. The van der Waals surface area contributed by atoms with E-state index in [4.69, 9.17) is 20.6 Å². The molecule has 0 aromatic heterocycles. The standard InChI is InChI=1S/C14H14N2O2.ClH/c1-17-12-8-4-5-9-13(12)18-11-7-3-2-6-10(11)14(15)16;/h2-9H,1H3,(H3,15,16);1H. The molecule has 0 aliphatic rings. The Balaban J connectivity index is 0.00000180. The van der Waals surface area contributed by atoms with Gasteiger partial charge in [0.15, 0.2) is 11.5 Å². The molecule has 0 unspecified atom stereocenters. The van der Waals surface area contributed by atoms with Gasteiger partial charge in [-0.05, 0) is 24.3 Å². The molecule has 2 aromatic rings. The first kappa shape index (κ1) is 14.9. The Morgan fingerprint density at radius 2 is 1.47 bits per heavy atom. The second-order valence-corrected chi connectivity index (χ2v) is 3.66. The van der Waals surface area contributed by atoms with Crippen LogP contribution in [0.3, 0.4) is 0 Å². The molecule has 0 amide bonds. The highest BCUT2D eigenvalue weighted by atomic mass is 35.5. The number of nitrogens with one attached hydrogen (secondary N) is 1. The number of nitrogen functional groups attached to an aromatic ring is 1. The van der Waals surface area contributed by atoms with Crippen LogP contribution in [0, 0.1) is 5.41 Å². The largest absolute Gasteiger partial charge is 0.493 e. The summed E-state index contributed by atoms with van der Waals surface area (Å²) >= 11 is 0. The van der Waals surface area contributed by atoms with Crippen LogP contribution in [-0.2, 0) is 0 Å². The summed E-state index contributed by atoms with van der Waals surface area (Å²) in [6.07, 6.45) is 0. The number of hydrogen-bond acceptors (Lipinski definition) is 3. The monoisotopic (exact) mass is 278 g/mol. The van der Waals surface area contributed by atoms with E-state index in [1.54, 1.807) is 25.3 Å². The average molecular weight is 279 g/mol. The number of halogens is 1. The van der Waals surface area contributed by atoms with Gasteiger partial charge in [-0.2, -0.15) is 0 Å². The number of ether oxygens (including phenoxy) is 2. The predicted molar refractivity (Wildman–Crippen MR) is 77.8 cm³/mol. The molecule has 0 aliphatic heterocycles. The van der Waals surface area contributed by atoms with Gasteiger partial charge >= 0.3 is 0 Å². The fraction of sp³-hybridized carbons (Fsp3) is 0.0714. The summed E-state index contributed by atoms with van der Waals surface area (Å²) in [5, 5.41) is 7.51. The normalized spacial score (nSPS) is 9.32. The van der Waals surface area contributed by atoms with Gasteiger partial charge in [0.1, 0.15) is 11.6 Å². The SMILES string of the molecule is COc1ccccc1Oc1ccccc1C(=N)N.Cl. The van der Waals surface area contributed by atoms with Crippen LogP contribution in [-0.4, -0.2) is 12.9 Å². The third-order valence-corrected chi connectivity index (χ3v) is 2.47. The molecular formula is C14H15ClN2O2. The maximum absolute atomic E-state index is 7.51. The third kappa shape index (κ3) is 3.39.